The van der Waals surface area contributed by atoms with E-state index in [0.29, 0.717) is 0 Å². The van der Waals surface area contributed by atoms with Gasteiger partial charge in [-0.2, -0.15) is 0 Å². The monoisotopic (exact) mass is 232 g/mol. The molecule has 0 saturated carbocycles. The zero-order chi connectivity index (χ0) is 12.3. The Hall–Kier alpha value is -2.50. The number of nitrogens with zero attached hydrogens (tertiary/aromatic N) is 2. The molecule has 0 fully saturated rings. The number of esters is 1. The van der Waals surface area contributed by atoms with Crippen molar-refractivity contribution in [2.24, 2.45) is 0 Å². The first-order valence-electron chi connectivity index (χ1n) is 4.82. The maximum Gasteiger partial charge on any atom is 0.383 e. The second-order valence-corrected chi connectivity index (χ2v) is 3.33. The molecule has 1 heterocycles. The molecule has 0 bridgehead atoms. The van der Waals surface area contributed by atoms with E-state index in [9.17, 15) is 14.9 Å². The molecule has 0 amide bonds. The molecule has 2 aromatic rings. The Morgan fingerprint density at radius 3 is 2.94 bits per heavy atom. The highest BCUT2D eigenvalue weighted by atomic mass is 16.6. The Kier molecular flexibility index (Phi) is 2.95. The fourth-order valence-electron chi connectivity index (χ4n) is 1.38. The number of pyridine rings is 1. The Balaban J connectivity index is 2.19. The molecule has 0 aliphatic rings. The molecule has 0 aliphatic carbocycles. The highest BCUT2D eigenvalue weighted by Crippen LogP contribution is 2.17. The second kappa shape index (κ2) is 4.56. The molecule has 0 unspecified atom stereocenters. The summed E-state index contributed by atoms with van der Waals surface area (Å²) in [6.07, 6.45) is 1.36. The van der Waals surface area contributed by atoms with Crippen LogP contribution in [0.5, 0.6) is 5.75 Å². The summed E-state index contributed by atoms with van der Waals surface area (Å²) < 4.78 is 4.79. The first-order valence-corrected chi connectivity index (χ1v) is 4.82. The summed E-state index contributed by atoms with van der Waals surface area (Å²) in [5.41, 5.74) is 0.765. The Bertz CT molecular complexity index is 582. The molecule has 0 atom stereocenters. The predicted molar refractivity (Wildman–Crippen MR) is 59.2 cm³/mol. The van der Waals surface area contributed by atoms with Gasteiger partial charge in [-0.25, -0.2) is 4.79 Å². The Morgan fingerprint density at radius 2 is 2.18 bits per heavy atom. The van der Waals surface area contributed by atoms with Gasteiger partial charge >= 0.3 is 5.97 Å². The smallest absolute Gasteiger partial charge is 0.383 e. The highest BCUT2D eigenvalue weighted by molar-refractivity contribution is 5.81. The average molecular weight is 232 g/mol. The molecule has 86 valence electrons. The first kappa shape index (κ1) is 11.0. The van der Waals surface area contributed by atoms with Gasteiger partial charge in [-0.15, -0.1) is 0 Å². The number of ether oxygens (including phenoxy) is 1. The fourth-order valence-corrected chi connectivity index (χ4v) is 1.38. The lowest BCUT2D eigenvalue weighted by Crippen LogP contribution is -2.19. The van der Waals surface area contributed by atoms with Gasteiger partial charge < -0.3 is 4.74 Å². The van der Waals surface area contributed by atoms with E-state index in [0.717, 1.165) is 10.9 Å². The van der Waals surface area contributed by atoms with Crippen LogP contribution in [0, 0.1) is 10.1 Å². The van der Waals surface area contributed by atoms with Crippen LogP contribution in [0.4, 0.5) is 0 Å². The number of aromatic nitrogens is 1. The molecule has 1 aromatic carbocycles. The summed E-state index contributed by atoms with van der Waals surface area (Å²) >= 11 is 0. The highest BCUT2D eigenvalue weighted by Gasteiger charge is 2.12. The van der Waals surface area contributed by atoms with E-state index in [-0.39, 0.29) is 5.75 Å². The number of benzene rings is 1. The number of carbonyl (C=O) groups excluding carboxylic acids is 1. The van der Waals surface area contributed by atoms with Gasteiger partial charge in [0, 0.05) is 10.3 Å². The summed E-state index contributed by atoms with van der Waals surface area (Å²) in [6, 6.07) is 8.91. The lowest BCUT2D eigenvalue weighted by molar-refractivity contribution is -0.469. The minimum absolute atomic E-state index is 0.204. The Morgan fingerprint density at radius 1 is 1.41 bits per heavy atom. The van der Waals surface area contributed by atoms with E-state index in [2.05, 4.69) is 4.98 Å². The van der Waals surface area contributed by atoms with Gasteiger partial charge in [-0.1, -0.05) is 18.2 Å². The third-order valence-electron chi connectivity index (χ3n) is 2.06. The van der Waals surface area contributed by atoms with Crippen LogP contribution in [0.1, 0.15) is 0 Å². The van der Waals surface area contributed by atoms with E-state index in [1.807, 2.05) is 24.3 Å². The molecule has 6 nitrogen and oxygen atoms in total. The molecule has 2 rings (SSSR count). The van der Waals surface area contributed by atoms with Crippen LogP contribution < -0.4 is 4.74 Å². The fraction of sp³-hybridized carbons (Fsp3) is 0.0909. The van der Waals surface area contributed by atoms with Gasteiger partial charge in [-0.3, -0.25) is 15.1 Å². The molecule has 0 spiro atoms. The summed E-state index contributed by atoms with van der Waals surface area (Å²) in [5, 5.41) is 10.9. The van der Waals surface area contributed by atoms with E-state index in [1.165, 1.54) is 6.20 Å². The summed E-state index contributed by atoms with van der Waals surface area (Å²) in [6.45, 7) is -0.854. The number of hydrogen-bond acceptors (Lipinski definition) is 5. The molecule has 0 aliphatic heterocycles. The summed E-state index contributed by atoms with van der Waals surface area (Å²) in [7, 11) is 0. The van der Waals surface area contributed by atoms with Gasteiger partial charge in [0.25, 0.3) is 6.54 Å². The lowest BCUT2D eigenvalue weighted by atomic mass is 10.2. The average Bonchev–Trinajstić information content (AvgIpc) is 2.27. The van der Waals surface area contributed by atoms with Crippen LogP contribution in [0.3, 0.4) is 0 Å². The van der Waals surface area contributed by atoms with Crippen molar-refractivity contribution in [3.63, 3.8) is 0 Å². The van der Waals surface area contributed by atoms with Gasteiger partial charge in [-0.05, 0) is 12.1 Å². The molecule has 0 saturated heterocycles. The standard InChI is InChI=1S/C11H8N2O4/c14-11(7-13(15)16)17-9-5-8-3-1-2-4-10(8)12-6-9/h1-6H,7H2. The quantitative estimate of drug-likeness (QED) is 0.454. The SMILES string of the molecule is O=C(C[N+](=O)[O-])Oc1cnc2ccccc2c1. The van der Waals surface area contributed by atoms with E-state index in [1.54, 1.807) is 6.07 Å². The van der Waals surface area contributed by atoms with Crippen molar-refractivity contribution >= 4 is 16.9 Å². The third-order valence-corrected chi connectivity index (χ3v) is 2.06. The number of hydrogen-bond donors (Lipinski definition) is 0. The zero-order valence-electron chi connectivity index (χ0n) is 8.70. The summed E-state index contributed by atoms with van der Waals surface area (Å²) in [5.74, 6) is -0.706. The van der Waals surface area contributed by atoms with Crippen molar-refractivity contribution in [2.75, 3.05) is 6.54 Å². The van der Waals surface area contributed by atoms with Crippen molar-refractivity contribution in [3.05, 3.63) is 46.6 Å². The first-order chi connectivity index (χ1) is 8.15. The largest absolute Gasteiger partial charge is 0.420 e. The second-order valence-electron chi connectivity index (χ2n) is 3.33. The van der Waals surface area contributed by atoms with Crippen molar-refractivity contribution in [1.82, 2.24) is 4.98 Å². The minimum Gasteiger partial charge on any atom is -0.420 e. The molecule has 0 N–H and O–H groups in total. The number of para-hydroxylation sites is 1. The van der Waals surface area contributed by atoms with Gasteiger partial charge in [0.1, 0.15) is 5.75 Å². The molecular formula is C11H8N2O4. The van der Waals surface area contributed by atoms with Crippen LogP contribution in [0.15, 0.2) is 36.5 Å². The number of carbonyl (C=O) groups is 1. The van der Waals surface area contributed by atoms with Crippen LogP contribution in [0.25, 0.3) is 10.9 Å². The maximum atomic E-state index is 11.1. The molecule has 1 aromatic heterocycles. The molecule has 0 radical (unpaired) electrons. The molecule has 6 heteroatoms. The third kappa shape index (κ3) is 2.75. The van der Waals surface area contributed by atoms with Crippen LogP contribution in [-0.4, -0.2) is 22.4 Å². The van der Waals surface area contributed by atoms with Crippen molar-refractivity contribution in [2.45, 2.75) is 0 Å². The van der Waals surface area contributed by atoms with Crippen molar-refractivity contribution in [1.29, 1.82) is 0 Å². The van der Waals surface area contributed by atoms with Crippen molar-refractivity contribution < 1.29 is 14.5 Å². The number of nitro groups is 1. The van der Waals surface area contributed by atoms with E-state index < -0.39 is 17.4 Å². The molecule has 17 heavy (non-hydrogen) atoms. The van der Waals surface area contributed by atoms with Crippen LogP contribution in [-0.2, 0) is 4.79 Å². The van der Waals surface area contributed by atoms with Crippen molar-refractivity contribution in [3.8, 4) is 5.75 Å². The number of fused-ring (bicyclic) bond motifs is 1. The zero-order valence-corrected chi connectivity index (χ0v) is 8.70. The summed E-state index contributed by atoms with van der Waals surface area (Å²) in [4.78, 5) is 24.5. The van der Waals surface area contributed by atoms with Gasteiger partial charge in [0.05, 0.1) is 11.7 Å². The minimum atomic E-state index is -0.910. The van der Waals surface area contributed by atoms with Crippen LogP contribution in [0.2, 0.25) is 0 Å². The molecular weight excluding hydrogens is 224 g/mol. The number of rotatable bonds is 3. The lowest BCUT2D eigenvalue weighted by Gasteiger charge is -2.02. The van der Waals surface area contributed by atoms with Crippen LogP contribution >= 0.6 is 0 Å². The van der Waals surface area contributed by atoms with Gasteiger partial charge in [0.15, 0.2) is 0 Å². The van der Waals surface area contributed by atoms with Gasteiger partial charge in [0.2, 0.25) is 0 Å². The van der Waals surface area contributed by atoms with E-state index in [4.69, 9.17) is 4.74 Å². The normalized spacial score (nSPS) is 10.1. The maximum absolute atomic E-state index is 11.1. The Labute approximate surface area is 96.0 Å². The van der Waals surface area contributed by atoms with E-state index >= 15 is 0 Å². The predicted octanol–water partition coefficient (Wildman–Crippen LogP) is 1.42. The topological polar surface area (TPSA) is 82.3 Å².